The van der Waals surface area contributed by atoms with Gasteiger partial charge in [-0.2, -0.15) is 0 Å². The van der Waals surface area contributed by atoms with Crippen molar-refractivity contribution in [1.29, 1.82) is 0 Å². The number of amides is 1. The molecule has 0 bridgehead atoms. The summed E-state index contributed by atoms with van der Waals surface area (Å²) in [6.07, 6.45) is 0. The van der Waals surface area contributed by atoms with Gasteiger partial charge in [0.15, 0.2) is 13.2 Å². The fourth-order valence-corrected chi connectivity index (χ4v) is 2.01. The highest BCUT2D eigenvalue weighted by molar-refractivity contribution is 9.10. The molecular formula is C14H17BrClNO4. The Labute approximate surface area is 137 Å². The van der Waals surface area contributed by atoms with Crippen LogP contribution in [0.5, 0.6) is 5.75 Å². The van der Waals surface area contributed by atoms with Gasteiger partial charge in [0.1, 0.15) is 5.75 Å². The molecule has 1 rings (SSSR count). The smallest absolute Gasteiger partial charge is 0.344 e. The molecule has 0 aliphatic rings. The van der Waals surface area contributed by atoms with Crippen LogP contribution >= 0.6 is 27.5 Å². The molecule has 1 N–H and O–H groups in total. The van der Waals surface area contributed by atoms with E-state index in [9.17, 15) is 9.59 Å². The van der Waals surface area contributed by atoms with Gasteiger partial charge >= 0.3 is 5.97 Å². The summed E-state index contributed by atoms with van der Waals surface area (Å²) < 4.78 is 10.8. The molecule has 1 aromatic rings. The molecule has 0 heterocycles. The van der Waals surface area contributed by atoms with Gasteiger partial charge in [0, 0.05) is 11.0 Å². The summed E-state index contributed by atoms with van der Waals surface area (Å²) in [5.41, 5.74) is 0. The Morgan fingerprint density at radius 3 is 2.67 bits per heavy atom. The van der Waals surface area contributed by atoms with E-state index in [2.05, 4.69) is 21.2 Å². The van der Waals surface area contributed by atoms with E-state index in [0.29, 0.717) is 23.2 Å². The average molecular weight is 379 g/mol. The van der Waals surface area contributed by atoms with Gasteiger partial charge < -0.3 is 14.8 Å². The topological polar surface area (TPSA) is 64.6 Å². The maximum absolute atomic E-state index is 11.5. The van der Waals surface area contributed by atoms with Crippen LogP contribution in [0, 0.1) is 5.92 Å². The van der Waals surface area contributed by atoms with Crippen LogP contribution in [-0.4, -0.2) is 31.6 Å². The lowest BCUT2D eigenvalue weighted by atomic mass is 10.2. The number of halogens is 2. The summed E-state index contributed by atoms with van der Waals surface area (Å²) in [4.78, 5) is 22.8. The van der Waals surface area contributed by atoms with Crippen LogP contribution in [0.2, 0.25) is 5.02 Å². The molecule has 0 fully saturated rings. The summed E-state index contributed by atoms with van der Waals surface area (Å²) >= 11 is 9.21. The lowest BCUT2D eigenvalue weighted by molar-refractivity contribution is -0.150. The van der Waals surface area contributed by atoms with Gasteiger partial charge in [-0.15, -0.1) is 0 Å². The second kappa shape index (κ2) is 8.89. The molecule has 0 unspecified atom stereocenters. The Balaban J connectivity index is 2.29. The second-order valence-electron chi connectivity index (χ2n) is 4.72. The zero-order valence-corrected chi connectivity index (χ0v) is 14.2. The summed E-state index contributed by atoms with van der Waals surface area (Å²) in [6.45, 7) is 3.87. The predicted molar refractivity (Wildman–Crippen MR) is 83.5 cm³/mol. The van der Waals surface area contributed by atoms with E-state index in [1.54, 1.807) is 18.2 Å². The first kappa shape index (κ1) is 17.8. The first-order valence-electron chi connectivity index (χ1n) is 6.38. The van der Waals surface area contributed by atoms with Gasteiger partial charge in [0.05, 0.1) is 5.02 Å². The molecule has 1 amide bonds. The van der Waals surface area contributed by atoms with Gasteiger partial charge in [0.2, 0.25) is 0 Å². The SMILES string of the molecule is CC(C)CNC(=O)COC(=O)COc1ccc(Br)cc1Cl. The second-order valence-corrected chi connectivity index (χ2v) is 6.04. The number of benzene rings is 1. The van der Waals surface area contributed by atoms with E-state index in [1.807, 2.05) is 13.8 Å². The van der Waals surface area contributed by atoms with E-state index in [-0.39, 0.29) is 19.1 Å². The highest BCUT2D eigenvalue weighted by atomic mass is 79.9. The molecule has 7 heteroatoms. The quantitative estimate of drug-likeness (QED) is 0.741. The maximum Gasteiger partial charge on any atom is 0.344 e. The van der Waals surface area contributed by atoms with Gasteiger partial charge in [-0.25, -0.2) is 4.79 Å². The van der Waals surface area contributed by atoms with Crippen molar-refractivity contribution in [3.63, 3.8) is 0 Å². The molecule has 0 saturated heterocycles. The predicted octanol–water partition coefficient (Wildman–Crippen LogP) is 2.80. The summed E-state index contributed by atoms with van der Waals surface area (Å²) in [5.74, 6) is -0.249. The summed E-state index contributed by atoms with van der Waals surface area (Å²) in [6, 6.07) is 5.03. The molecule has 0 saturated carbocycles. The minimum Gasteiger partial charge on any atom is -0.480 e. The van der Waals surface area contributed by atoms with Crippen molar-refractivity contribution in [1.82, 2.24) is 5.32 Å². The fourth-order valence-electron chi connectivity index (χ4n) is 1.29. The molecule has 1 aromatic carbocycles. The van der Waals surface area contributed by atoms with Crippen molar-refractivity contribution in [3.8, 4) is 5.75 Å². The first-order valence-corrected chi connectivity index (χ1v) is 7.55. The van der Waals surface area contributed by atoms with Crippen molar-refractivity contribution in [2.75, 3.05) is 19.8 Å². The van der Waals surface area contributed by atoms with E-state index < -0.39 is 5.97 Å². The van der Waals surface area contributed by atoms with Crippen LogP contribution < -0.4 is 10.1 Å². The minimum absolute atomic E-state index is 0.307. The Morgan fingerprint density at radius 1 is 1.33 bits per heavy atom. The molecule has 0 aromatic heterocycles. The Kier molecular flexibility index (Phi) is 7.53. The van der Waals surface area contributed by atoms with Gasteiger partial charge in [-0.05, 0) is 24.1 Å². The number of hydrogen-bond acceptors (Lipinski definition) is 4. The van der Waals surface area contributed by atoms with Crippen molar-refractivity contribution < 1.29 is 19.1 Å². The van der Waals surface area contributed by atoms with Crippen LogP contribution in [0.3, 0.4) is 0 Å². The third kappa shape index (κ3) is 7.34. The van der Waals surface area contributed by atoms with Crippen molar-refractivity contribution in [2.45, 2.75) is 13.8 Å². The first-order chi connectivity index (χ1) is 9.88. The monoisotopic (exact) mass is 377 g/mol. The number of hydrogen-bond donors (Lipinski definition) is 1. The highest BCUT2D eigenvalue weighted by Crippen LogP contribution is 2.27. The average Bonchev–Trinajstić information content (AvgIpc) is 2.41. The normalized spacial score (nSPS) is 10.3. The van der Waals surface area contributed by atoms with E-state index in [0.717, 1.165) is 4.47 Å². The Hall–Kier alpha value is -1.27. The molecule has 5 nitrogen and oxygen atoms in total. The lowest BCUT2D eigenvalue weighted by Gasteiger charge is -2.09. The van der Waals surface area contributed by atoms with Gasteiger partial charge in [-0.3, -0.25) is 4.79 Å². The fraction of sp³-hybridized carbons (Fsp3) is 0.429. The standard InChI is InChI=1S/C14H17BrClNO4/c1-9(2)6-17-13(18)7-21-14(19)8-20-12-4-3-10(15)5-11(12)16/h3-5,9H,6-8H2,1-2H3,(H,17,18). The highest BCUT2D eigenvalue weighted by Gasteiger charge is 2.10. The van der Waals surface area contributed by atoms with Crippen molar-refractivity contribution in [2.24, 2.45) is 5.92 Å². The molecule has 0 atom stereocenters. The number of carbonyl (C=O) groups excluding carboxylic acids is 2. The number of rotatable bonds is 7. The Morgan fingerprint density at radius 2 is 2.05 bits per heavy atom. The lowest BCUT2D eigenvalue weighted by Crippen LogP contribution is -2.32. The van der Waals surface area contributed by atoms with Crippen LogP contribution in [0.15, 0.2) is 22.7 Å². The van der Waals surface area contributed by atoms with E-state index in [4.69, 9.17) is 21.1 Å². The van der Waals surface area contributed by atoms with Crippen LogP contribution in [-0.2, 0) is 14.3 Å². The van der Waals surface area contributed by atoms with Crippen molar-refractivity contribution >= 4 is 39.4 Å². The van der Waals surface area contributed by atoms with Crippen LogP contribution in [0.25, 0.3) is 0 Å². The number of ether oxygens (including phenoxy) is 2. The molecule has 21 heavy (non-hydrogen) atoms. The van der Waals surface area contributed by atoms with E-state index >= 15 is 0 Å². The van der Waals surface area contributed by atoms with Gasteiger partial charge in [-0.1, -0.05) is 41.4 Å². The molecule has 0 aliphatic carbocycles. The Bertz CT molecular complexity index is 508. The molecule has 0 spiro atoms. The van der Waals surface area contributed by atoms with Crippen LogP contribution in [0.1, 0.15) is 13.8 Å². The third-order valence-electron chi connectivity index (χ3n) is 2.31. The minimum atomic E-state index is -0.631. The largest absolute Gasteiger partial charge is 0.480 e. The number of nitrogens with one attached hydrogen (secondary N) is 1. The summed E-state index contributed by atoms with van der Waals surface area (Å²) in [7, 11) is 0. The number of carbonyl (C=O) groups is 2. The molecular weight excluding hydrogens is 362 g/mol. The molecule has 0 radical (unpaired) electrons. The maximum atomic E-state index is 11.5. The third-order valence-corrected chi connectivity index (χ3v) is 3.10. The number of esters is 1. The van der Waals surface area contributed by atoms with Crippen LogP contribution in [0.4, 0.5) is 0 Å². The van der Waals surface area contributed by atoms with E-state index in [1.165, 1.54) is 0 Å². The zero-order valence-electron chi connectivity index (χ0n) is 11.8. The zero-order chi connectivity index (χ0) is 15.8. The van der Waals surface area contributed by atoms with Gasteiger partial charge in [0.25, 0.3) is 5.91 Å². The molecule has 116 valence electrons. The molecule has 0 aliphatic heterocycles. The summed E-state index contributed by atoms with van der Waals surface area (Å²) in [5, 5.41) is 3.02. The van der Waals surface area contributed by atoms with Crippen molar-refractivity contribution in [3.05, 3.63) is 27.7 Å².